The molecule has 3 atom stereocenters. The predicted octanol–water partition coefficient (Wildman–Crippen LogP) is 4.23. The maximum atomic E-state index is 13.1. The normalized spacial score (nSPS) is 27.0. The van der Waals surface area contributed by atoms with Crippen LogP contribution in [0.25, 0.3) is 0 Å². The van der Waals surface area contributed by atoms with E-state index < -0.39 is 5.92 Å². The maximum absolute atomic E-state index is 13.1. The molecule has 0 spiro atoms. The van der Waals surface area contributed by atoms with Crippen molar-refractivity contribution in [1.29, 1.82) is 0 Å². The first-order valence-corrected chi connectivity index (χ1v) is 7.04. The molecule has 3 unspecified atom stereocenters. The summed E-state index contributed by atoms with van der Waals surface area (Å²) in [7, 11) is 0. The zero-order valence-electron chi connectivity index (χ0n) is 11.4. The SMILES string of the molecule is CCCNC(C)CC(C)CC1CCC(F)(F)C1. The van der Waals surface area contributed by atoms with Crippen molar-refractivity contribution in [3.8, 4) is 0 Å². The van der Waals surface area contributed by atoms with E-state index in [2.05, 4.69) is 26.1 Å². The molecule has 17 heavy (non-hydrogen) atoms. The van der Waals surface area contributed by atoms with Gasteiger partial charge in [0.1, 0.15) is 0 Å². The minimum atomic E-state index is -2.38. The Kier molecular flexibility index (Phi) is 5.84. The first-order valence-electron chi connectivity index (χ1n) is 7.04. The van der Waals surface area contributed by atoms with Gasteiger partial charge in [-0.1, -0.05) is 13.8 Å². The van der Waals surface area contributed by atoms with Crippen molar-refractivity contribution in [3.63, 3.8) is 0 Å². The van der Waals surface area contributed by atoms with Gasteiger partial charge in [-0.3, -0.25) is 0 Å². The van der Waals surface area contributed by atoms with Gasteiger partial charge in [0.05, 0.1) is 0 Å². The lowest BCUT2D eigenvalue weighted by Gasteiger charge is -2.21. The maximum Gasteiger partial charge on any atom is 0.248 e. The largest absolute Gasteiger partial charge is 0.314 e. The van der Waals surface area contributed by atoms with Crippen LogP contribution in [0.4, 0.5) is 8.78 Å². The average molecular weight is 247 g/mol. The van der Waals surface area contributed by atoms with Crippen molar-refractivity contribution >= 4 is 0 Å². The van der Waals surface area contributed by atoms with E-state index in [1.807, 2.05) is 0 Å². The van der Waals surface area contributed by atoms with Crippen LogP contribution in [0.2, 0.25) is 0 Å². The predicted molar refractivity (Wildman–Crippen MR) is 68.4 cm³/mol. The standard InChI is InChI=1S/C14H27F2N/c1-4-7-17-12(3)8-11(2)9-13-5-6-14(15,16)10-13/h11-13,17H,4-10H2,1-3H3. The van der Waals surface area contributed by atoms with E-state index in [4.69, 9.17) is 0 Å². The third kappa shape index (κ3) is 5.80. The fraction of sp³-hybridized carbons (Fsp3) is 1.00. The third-order valence-corrected chi connectivity index (χ3v) is 3.74. The molecule has 1 N–H and O–H groups in total. The number of hydrogen-bond donors (Lipinski definition) is 1. The summed E-state index contributed by atoms with van der Waals surface area (Å²) in [6.45, 7) is 7.59. The van der Waals surface area contributed by atoms with Crippen molar-refractivity contribution in [1.82, 2.24) is 5.32 Å². The summed E-state index contributed by atoms with van der Waals surface area (Å²) in [5.41, 5.74) is 0. The van der Waals surface area contributed by atoms with E-state index in [0.29, 0.717) is 18.4 Å². The highest BCUT2D eigenvalue weighted by Gasteiger charge is 2.39. The van der Waals surface area contributed by atoms with Crippen LogP contribution in [0, 0.1) is 11.8 Å². The molecular weight excluding hydrogens is 220 g/mol. The quantitative estimate of drug-likeness (QED) is 0.710. The lowest BCUT2D eigenvalue weighted by molar-refractivity contribution is 0.00407. The fourth-order valence-electron chi connectivity index (χ4n) is 2.99. The third-order valence-electron chi connectivity index (χ3n) is 3.74. The topological polar surface area (TPSA) is 12.0 Å². The van der Waals surface area contributed by atoms with Crippen LogP contribution in [-0.2, 0) is 0 Å². The first-order chi connectivity index (χ1) is 7.93. The highest BCUT2D eigenvalue weighted by atomic mass is 19.3. The molecule has 1 saturated carbocycles. The molecule has 1 fully saturated rings. The van der Waals surface area contributed by atoms with Gasteiger partial charge in [-0.15, -0.1) is 0 Å². The minimum absolute atomic E-state index is 0.105. The van der Waals surface area contributed by atoms with Gasteiger partial charge in [0, 0.05) is 18.9 Å². The number of halogens is 2. The Morgan fingerprint density at radius 1 is 1.35 bits per heavy atom. The second-order valence-corrected chi connectivity index (χ2v) is 5.90. The van der Waals surface area contributed by atoms with Crippen molar-refractivity contribution in [3.05, 3.63) is 0 Å². The summed E-state index contributed by atoms with van der Waals surface area (Å²) in [4.78, 5) is 0. The van der Waals surface area contributed by atoms with Crippen molar-refractivity contribution in [2.24, 2.45) is 11.8 Å². The van der Waals surface area contributed by atoms with Gasteiger partial charge in [-0.2, -0.15) is 0 Å². The van der Waals surface area contributed by atoms with E-state index in [1.54, 1.807) is 0 Å². The summed E-state index contributed by atoms with van der Waals surface area (Å²) in [5, 5.41) is 3.46. The van der Waals surface area contributed by atoms with E-state index in [1.165, 1.54) is 0 Å². The Balaban J connectivity index is 2.19. The summed E-state index contributed by atoms with van der Waals surface area (Å²) < 4.78 is 26.1. The molecule has 0 heterocycles. The summed E-state index contributed by atoms with van der Waals surface area (Å²) in [5.74, 6) is -1.58. The van der Waals surface area contributed by atoms with Gasteiger partial charge >= 0.3 is 0 Å². The molecule has 0 aromatic heterocycles. The van der Waals surface area contributed by atoms with Crippen LogP contribution in [0.1, 0.15) is 59.3 Å². The van der Waals surface area contributed by atoms with E-state index in [0.717, 1.165) is 25.8 Å². The number of rotatable bonds is 7. The Bertz CT molecular complexity index is 218. The first kappa shape index (κ1) is 14.9. The zero-order chi connectivity index (χ0) is 12.9. The van der Waals surface area contributed by atoms with Crippen molar-refractivity contribution < 1.29 is 8.78 Å². The van der Waals surface area contributed by atoms with Gasteiger partial charge in [-0.25, -0.2) is 8.78 Å². The second-order valence-electron chi connectivity index (χ2n) is 5.90. The van der Waals surface area contributed by atoms with Gasteiger partial charge in [0.15, 0.2) is 0 Å². The molecule has 0 amide bonds. The summed E-state index contributed by atoms with van der Waals surface area (Å²) >= 11 is 0. The van der Waals surface area contributed by atoms with Gasteiger partial charge < -0.3 is 5.32 Å². The van der Waals surface area contributed by atoms with Gasteiger partial charge in [0.2, 0.25) is 5.92 Å². The van der Waals surface area contributed by atoms with Crippen LogP contribution in [0.3, 0.4) is 0 Å². The Morgan fingerprint density at radius 3 is 2.59 bits per heavy atom. The van der Waals surface area contributed by atoms with Crippen LogP contribution >= 0.6 is 0 Å². The molecule has 0 aliphatic heterocycles. The Labute approximate surface area is 104 Å². The molecule has 1 aliphatic rings. The molecule has 3 heteroatoms. The number of hydrogen-bond acceptors (Lipinski definition) is 1. The molecule has 0 bridgehead atoms. The zero-order valence-corrected chi connectivity index (χ0v) is 11.4. The van der Waals surface area contributed by atoms with E-state index in [-0.39, 0.29) is 18.8 Å². The van der Waals surface area contributed by atoms with Crippen molar-refractivity contribution in [2.75, 3.05) is 6.54 Å². The average Bonchev–Trinajstić information content (AvgIpc) is 2.54. The van der Waals surface area contributed by atoms with Crippen LogP contribution in [0.15, 0.2) is 0 Å². The molecule has 0 aromatic carbocycles. The Morgan fingerprint density at radius 2 is 2.06 bits per heavy atom. The second kappa shape index (κ2) is 6.67. The minimum Gasteiger partial charge on any atom is -0.314 e. The van der Waals surface area contributed by atoms with Crippen molar-refractivity contribution in [2.45, 2.75) is 71.3 Å². The number of nitrogens with one attached hydrogen (secondary N) is 1. The molecule has 0 radical (unpaired) electrons. The molecule has 1 aliphatic carbocycles. The fourth-order valence-corrected chi connectivity index (χ4v) is 2.99. The van der Waals surface area contributed by atoms with E-state index in [9.17, 15) is 8.78 Å². The molecular formula is C14H27F2N. The Hall–Kier alpha value is -0.180. The van der Waals surface area contributed by atoms with Crippen LogP contribution in [-0.4, -0.2) is 18.5 Å². The summed E-state index contributed by atoms with van der Waals surface area (Å²) in [6.07, 6.45) is 4.15. The highest BCUT2D eigenvalue weighted by Crippen LogP contribution is 2.41. The summed E-state index contributed by atoms with van der Waals surface area (Å²) in [6, 6.07) is 0.506. The lowest BCUT2D eigenvalue weighted by Crippen LogP contribution is -2.28. The lowest BCUT2D eigenvalue weighted by atomic mass is 9.90. The molecule has 1 rings (SSSR count). The van der Waals surface area contributed by atoms with Crippen LogP contribution in [0.5, 0.6) is 0 Å². The molecule has 102 valence electrons. The number of alkyl halides is 2. The smallest absolute Gasteiger partial charge is 0.248 e. The monoisotopic (exact) mass is 247 g/mol. The van der Waals surface area contributed by atoms with E-state index >= 15 is 0 Å². The van der Waals surface area contributed by atoms with Gasteiger partial charge in [-0.05, 0) is 51.0 Å². The highest BCUT2D eigenvalue weighted by molar-refractivity contribution is 4.82. The molecule has 0 saturated heterocycles. The molecule has 0 aromatic rings. The van der Waals surface area contributed by atoms with Gasteiger partial charge in [0.25, 0.3) is 0 Å². The van der Waals surface area contributed by atoms with Crippen LogP contribution < -0.4 is 5.32 Å². The molecule has 1 nitrogen and oxygen atoms in total.